The van der Waals surface area contributed by atoms with E-state index in [0.717, 1.165) is 27.5 Å². The molecular weight excluding hydrogens is 483 g/mol. The van der Waals surface area contributed by atoms with Crippen molar-refractivity contribution in [3.05, 3.63) is 102 Å². The molecule has 2 N–H and O–H groups in total. The summed E-state index contributed by atoms with van der Waals surface area (Å²) in [6.07, 6.45) is -1.52. The molecule has 0 unspecified atom stereocenters. The van der Waals surface area contributed by atoms with E-state index < -0.39 is 6.36 Å². The van der Waals surface area contributed by atoms with Crippen molar-refractivity contribution in [1.82, 2.24) is 14.9 Å². The Hall–Kier alpha value is -4.37. The molecule has 0 fully saturated rings. The van der Waals surface area contributed by atoms with E-state index in [1.807, 2.05) is 24.3 Å². The van der Waals surface area contributed by atoms with Gasteiger partial charge in [0, 0.05) is 42.8 Å². The SMILES string of the molecule is Oc1ccc(CN(Cc2ccc(OC(F)(F)F)cc2)Cc2ccc(O)c3ncccc23)c2cccnc12. The third-order valence-electron chi connectivity index (χ3n) is 6.03. The summed E-state index contributed by atoms with van der Waals surface area (Å²) in [5.41, 5.74) is 3.64. The highest BCUT2D eigenvalue weighted by Gasteiger charge is 2.31. The van der Waals surface area contributed by atoms with Crippen LogP contribution in [0.1, 0.15) is 16.7 Å². The van der Waals surface area contributed by atoms with Crippen LogP contribution in [0, 0.1) is 0 Å². The Labute approximate surface area is 210 Å². The van der Waals surface area contributed by atoms with Crippen LogP contribution in [0.3, 0.4) is 0 Å². The summed E-state index contributed by atoms with van der Waals surface area (Å²) >= 11 is 0. The molecule has 9 heteroatoms. The number of rotatable bonds is 7. The van der Waals surface area contributed by atoms with E-state index in [1.165, 1.54) is 12.1 Å². The molecule has 0 bridgehead atoms. The Morgan fingerprint density at radius 3 is 1.68 bits per heavy atom. The van der Waals surface area contributed by atoms with Crippen LogP contribution >= 0.6 is 0 Å². The molecule has 5 aromatic rings. The fourth-order valence-corrected chi connectivity index (χ4v) is 4.41. The number of hydrogen-bond acceptors (Lipinski definition) is 6. The van der Waals surface area contributed by atoms with Crippen molar-refractivity contribution < 1.29 is 28.1 Å². The first-order valence-corrected chi connectivity index (χ1v) is 11.4. The standard InChI is InChI=1S/C28H22F3N3O3/c29-28(30,31)37-21-9-5-18(6-10-21)15-34(16-19-7-11-24(35)26-22(19)3-1-13-32-26)17-20-8-12-25(36)27-23(20)4-2-14-33-27/h1-14,35-36H,15-17H2. The smallest absolute Gasteiger partial charge is 0.506 e. The molecule has 0 aliphatic heterocycles. The number of ether oxygens (including phenoxy) is 1. The molecule has 0 amide bonds. The first-order chi connectivity index (χ1) is 17.8. The van der Waals surface area contributed by atoms with Crippen LogP contribution < -0.4 is 4.74 Å². The minimum atomic E-state index is -4.75. The predicted molar refractivity (Wildman–Crippen MR) is 133 cm³/mol. The fourth-order valence-electron chi connectivity index (χ4n) is 4.41. The van der Waals surface area contributed by atoms with Gasteiger partial charge in [-0.1, -0.05) is 36.4 Å². The molecule has 3 aromatic carbocycles. The lowest BCUT2D eigenvalue weighted by molar-refractivity contribution is -0.274. The molecule has 0 atom stereocenters. The zero-order valence-electron chi connectivity index (χ0n) is 19.5. The van der Waals surface area contributed by atoms with Gasteiger partial charge in [0.15, 0.2) is 0 Å². The van der Waals surface area contributed by atoms with Gasteiger partial charge in [-0.3, -0.25) is 14.9 Å². The van der Waals surface area contributed by atoms with E-state index in [-0.39, 0.29) is 17.2 Å². The lowest BCUT2D eigenvalue weighted by atomic mass is 10.0. The molecule has 6 nitrogen and oxygen atoms in total. The van der Waals surface area contributed by atoms with Crippen LogP contribution in [-0.2, 0) is 19.6 Å². The predicted octanol–water partition coefficient (Wildman–Crippen LogP) is 6.30. The first-order valence-electron chi connectivity index (χ1n) is 11.4. The van der Waals surface area contributed by atoms with Crippen molar-refractivity contribution >= 4 is 21.8 Å². The van der Waals surface area contributed by atoms with Gasteiger partial charge < -0.3 is 14.9 Å². The number of fused-ring (bicyclic) bond motifs is 2. The highest BCUT2D eigenvalue weighted by molar-refractivity contribution is 5.88. The molecule has 0 spiro atoms. The number of aromatic hydroxyl groups is 2. The molecule has 0 radical (unpaired) electrons. The largest absolute Gasteiger partial charge is 0.573 e. The Balaban J connectivity index is 1.49. The van der Waals surface area contributed by atoms with Gasteiger partial charge in [0.25, 0.3) is 0 Å². The maximum absolute atomic E-state index is 12.6. The van der Waals surface area contributed by atoms with E-state index in [2.05, 4.69) is 19.6 Å². The number of aromatic nitrogens is 2. The van der Waals surface area contributed by atoms with E-state index >= 15 is 0 Å². The summed E-state index contributed by atoms with van der Waals surface area (Å²) in [7, 11) is 0. The van der Waals surface area contributed by atoms with Gasteiger partial charge in [0.05, 0.1) is 0 Å². The van der Waals surface area contributed by atoms with Crippen molar-refractivity contribution in [1.29, 1.82) is 0 Å². The van der Waals surface area contributed by atoms with Gasteiger partial charge in [0.1, 0.15) is 28.3 Å². The Bertz CT molecular complexity index is 1470. The first kappa shape index (κ1) is 24.3. The second-order valence-corrected chi connectivity index (χ2v) is 8.62. The van der Waals surface area contributed by atoms with E-state index in [1.54, 1.807) is 48.8 Å². The number of alkyl halides is 3. The minimum absolute atomic E-state index is 0.0850. The average molecular weight is 505 g/mol. The molecular formula is C28H22F3N3O3. The van der Waals surface area contributed by atoms with Crippen molar-refractivity contribution in [3.63, 3.8) is 0 Å². The number of nitrogens with zero attached hydrogens (tertiary/aromatic N) is 3. The van der Waals surface area contributed by atoms with Crippen LogP contribution in [0.25, 0.3) is 21.8 Å². The van der Waals surface area contributed by atoms with Crippen molar-refractivity contribution in [2.45, 2.75) is 26.0 Å². The Morgan fingerprint density at radius 2 is 1.19 bits per heavy atom. The summed E-state index contributed by atoms with van der Waals surface area (Å²) in [5, 5.41) is 22.1. The van der Waals surface area contributed by atoms with Gasteiger partial charge in [-0.05, 0) is 53.1 Å². The highest BCUT2D eigenvalue weighted by atomic mass is 19.4. The summed E-state index contributed by atoms with van der Waals surface area (Å²) in [6, 6.07) is 20.0. The van der Waals surface area contributed by atoms with Crippen molar-refractivity contribution in [2.75, 3.05) is 0 Å². The molecule has 5 rings (SSSR count). The van der Waals surface area contributed by atoms with E-state index in [9.17, 15) is 23.4 Å². The highest BCUT2D eigenvalue weighted by Crippen LogP contribution is 2.30. The number of benzene rings is 3. The lowest BCUT2D eigenvalue weighted by Gasteiger charge is -2.24. The maximum Gasteiger partial charge on any atom is 0.573 e. The normalized spacial score (nSPS) is 11.9. The van der Waals surface area contributed by atoms with Crippen LogP contribution in [-0.4, -0.2) is 31.4 Å². The van der Waals surface area contributed by atoms with Crippen LogP contribution in [0.2, 0.25) is 0 Å². The molecule has 188 valence electrons. The molecule has 2 heterocycles. The van der Waals surface area contributed by atoms with Gasteiger partial charge in [0.2, 0.25) is 0 Å². The Kier molecular flexibility index (Phi) is 6.54. The third kappa shape index (κ3) is 5.57. The summed E-state index contributed by atoms with van der Waals surface area (Å²) < 4.78 is 41.7. The van der Waals surface area contributed by atoms with E-state index in [4.69, 9.17) is 0 Å². The quantitative estimate of drug-likeness (QED) is 0.271. The molecule has 0 saturated heterocycles. The molecule has 0 aliphatic carbocycles. The van der Waals surface area contributed by atoms with Gasteiger partial charge >= 0.3 is 6.36 Å². The Morgan fingerprint density at radius 1 is 0.676 bits per heavy atom. The number of phenolic OH excluding ortho intramolecular Hbond substituents is 2. The number of halogens is 3. The zero-order valence-corrected chi connectivity index (χ0v) is 19.5. The molecule has 0 aliphatic rings. The second-order valence-electron chi connectivity index (χ2n) is 8.62. The van der Waals surface area contributed by atoms with E-state index in [0.29, 0.717) is 30.7 Å². The van der Waals surface area contributed by atoms with Crippen molar-refractivity contribution in [2.24, 2.45) is 0 Å². The topological polar surface area (TPSA) is 78.7 Å². The minimum Gasteiger partial charge on any atom is -0.506 e. The molecule has 0 saturated carbocycles. The second kappa shape index (κ2) is 9.94. The fraction of sp³-hybridized carbons (Fsp3) is 0.143. The maximum atomic E-state index is 12.6. The molecule has 2 aromatic heterocycles. The van der Waals surface area contributed by atoms with Gasteiger partial charge in [-0.25, -0.2) is 0 Å². The lowest BCUT2D eigenvalue weighted by Crippen LogP contribution is -2.23. The molecule has 37 heavy (non-hydrogen) atoms. The summed E-state index contributed by atoms with van der Waals surface area (Å²) in [4.78, 5) is 10.7. The summed E-state index contributed by atoms with van der Waals surface area (Å²) in [6.45, 7) is 1.34. The van der Waals surface area contributed by atoms with Crippen molar-refractivity contribution in [3.8, 4) is 17.2 Å². The zero-order chi connectivity index (χ0) is 26.0. The summed E-state index contributed by atoms with van der Waals surface area (Å²) in [5.74, 6) is -0.113. The van der Waals surface area contributed by atoms with Gasteiger partial charge in [-0.15, -0.1) is 13.2 Å². The number of phenols is 2. The monoisotopic (exact) mass is 505 g/mol. The number of hydrogen-bond donors (Lipinski definition) is 2. The van der Waals surface area contributed by atoms with Crippen LogP contribution in [0.5, 0.6) is 17.2 Å². The van der Waals surface area contributed by atoms with Crippen LogP contribution in [0.4, 0.5) is 13.2 Å². The van der Waals surface area contributed by atoms with Crippen LogP contribution in [0.15, 0.2) is 85.2 Å². The third-order valence-corrected chi connectivity index (χ3v) is 6.03. The average Bonchev–Trinajstić information content (AvgIpc) is 2.88. The van der Waals surface area contributed by atoms with Gasteiger partial charge in [-0.2, -0.15) is 0 Å². The number of pyridine rings is 2.